The fourth-order valence-corrected chi connectivity index (χ4v) is 1.94. The summed E-state index contributed by atoms with van der Waals surface area (Å²) in [7, 11) is 0. The molecule has 1 aromatic carbocycles. The summed E-state index contributed by atoms with van der Waals surface area (Å²) >= 11 is 0. The van der Waals surface area contributed by atoms with Crippen molar-refractivity contribution in [3.05, 3.63) is 41.8 Å². The number of nitrogens with one attached hydrogen (secondary N) is 3. The minimum atomic E-state index is -0.266. The molecule has 7 nitrogen and oxygen atoms in total. The van der Waals surface area contributed by atoms with E-state index in [9.17, 15) is 9.59 Å². The molecule has 0 fully saturated rings. The number of carbonyl (C=O) groups excluding carboxylic acids is 2. The van der Waals surface area contributed by atoms with E-state index in [1.54, 1.807) is 37.3 Å². The zero-order valence-corrected chi connectivity index (χ0v) is 13.3. The van der Waals surface area contributed by atoms with E-state index in [0.29, 0.717) is 22.8 Å². The highest BCUT2D eigenvalue weighted by Gasteiger charge is 2.08. The molecule has 2 aromatic rings. The zero-order valence-electron chi connectivity index (χ0n) is 13.3. The average Bonchev–Trinajstić information content (AvgIpc) is 2.85. The first-order chi connectivity index (χ1) is 10.9. The predicted molar refractivity (Wildman–Crippen MR) is 87.3 cm³/mol. The molecule has 2 rings (SSSR count). The Bertz CT molecular complexity index is 677. The molecule has 3 N–H and O–H groups in total. The number of urea groups is 1. The van der Waals surface area contributed by atoms with Crippen molar-refractivity contribution in [3.63, 3.8) is 0 Å². The normalized spacial score (nSPS) is 10.4. The van der Waals surface area contributed by atoms with Gasteiger partial charge in [-0.25, -0.2) is 4.79 Å². The Morgan fingerprint density at radius 3 is 2.26 bits per heavy atom. The van der Waals surface area contributed by atoms with Gasteiger partial charge in [-0.1, -0.05) is 5.16 Å². The quantitative estimate of drug-likeness (QED) is 0.790. The third-order valence-corrected chi connectivity index (χ3v) is 2.86. The van der Waals surface area contributed by atoms with E-state index in [0.717, 1.165) is 0 Å². The summed E-state index contributed by atoms with van der Waals surface area (Å²) in [6, 6.07) is 8.39. The van der Waals surface area contributed by atoms with Crippen LogP contribution in [0, 0.1) is 6.92 Å². The molecule has 0 aliphatic rings. The molecule has 122 valence electrons. The van der Waals surface area contributed by atoms with Crippen molar-refractivity contribution < 1.29 is 14.1 Å². The molecule has 3 amide bonds. The van der Waals surface area contributed by atoms with E-state index < -0.39 is 0 Å². The van der Waals surface area contributed by atoms with E-state index in [2.05, 4.69) is 21.1 Å². The Morgan fingerprint density at radius 1 is 1.13 bits per heavy atom. The maximum absolute atomic E-state index is 11.9. The Balaban J connectivity index is 1.87. The van der Waals surface area contributed by atoms with Gasteiger partial charge in [-0.15, -0.1) is 0 Å². The molecule has 0 unspecified atom stereocenters. The maximum Gasteiger partial charge on any atom is 0.319 e. The number of hydrogen-bond acceptors (Lipinski definition) is 4. The standard InChI is InChI=1S/C16H20N4O3/c1-10(2)17-16(22)19-13-6-4-12(5-7-13)18-15(21)9-14-8-11(3)23-20-14/h4-8,10H,9H2,1-3H3,(H,18,21)(H2,17,19,22). The van der Waals surface area contributed by atoms with Crippen molar-refractivity contribution in [1.29, 1.82) is 0 Å². The highest BCUT2D eigenvalue weighted by molar-refractivity contribution is 5.93. The summed E-state index contributed by atoms with van der Waals surface area (Å²) in [4.78, 5) is 23.5. The van der Waals surface area contributed by atoms with Gasteiger partial charge >= 0.3 is 6.03 Å². The van der Waals surface area contributed by atoms with Gasteiger partial charge in [0.15, 0.2) is 0 Å². The number of benzene rings is 1. The predicted octanol–water partition coefficient (Wildman–Crippen LogP) is 2.69. The Hall–Kier alpha value is -2.83. The third kappa shape index (κ3) is 5.46. The van der Waals surface area contributed by atoms with Crippen molar-refractivity contribution in [3.8, 4) is 0 Å². The Labute approximate surface area is 134 Å². The van der Waals surface area contributed by atoms with Gasteiger partial charge in [0.25, 0.3) is 0 Å². The van der Waals surface area contributed by atoms with Crippen LogP contribution in [0.2, 0.25) is 0 Å². The van der Waals surface area contributed by atoms with Crippen LogP contribution in [0.5, 0.6) is 0 Å². The number of amides is 3. The van der Waals surface area contributed by atoms with Crippen LogP contribution < -0.4 is 16.0 Å². The summed E-state index contributed by atoms with van der Waals surface area (Å²) in [5.74, 6) is 0.486. The highest BCUT2D eigenvalue weighted by Crippen LogP contribution is 2.14. The number of rotatable bonds is 5. The molecule has 23 heavy (non-hydrogen) atoms. The van der Waals surface area contributed by atoms with Gasteiger partial charge in [0.05, 0.1) is 12.1 Å². The third-order valence-electron chi connectivity index (χ3n) is 2.86. The van der Waals surface area contributed by atoms with Crippen molar-refractivity contribution >= 4 is 23.3 Å². The molecule has 1 aromatic heterocycles. The van der Waals surface area contributed by atoms with Crippen LogP contribution in [0.3, 0.4) is 0 Å². The highest BCUT2D eigenvalue weighted by atomic mass is 16.5. The molecule has 7 heteroatoms. The number of nitrogens with zero attached hydrogens (tertiary/aromatic N) is 1. The lowest BCUT2D eigenvalue weighted by Gasteiger charge is -2.10. The topological polar surface area (TPSA) is 96.3 Å². The second-order valence-electron chi connectivity index (χ2n) is 5.48. The number of aryl methyl sites for hydroxylation is 1. The fourth-order valence-electron chi connectivity index (χ4n) is 1.94. The molecular formula is C16H20N4O3. The molecule has 0 aliphatic carbocycles. The SMILES string of the molecule is Cc1cc(CC(=O)Nc2ccc(NC(=O)NC(C)C)cc2)no1. The van der Waals surface area contributed by atoms with Crippen LogP contribution in [-0.4, -0.2) is 23.1 Å². The second-order valence-corrected chi connectivity index (χ2v) is 5.48. The summed E-state index contributed by atoms with van der Waals surface area (Å²) in [6.07, 6.45) is 0.147. The lowest BCUT2D eigenvalue weighted by atomic mass is 10.2. The maximum atomic E-state index is 11.9. The van der Waals surface area contributed by atoms with Crippen LogP contribution in [0.1, 0.15) is 25.3 Å². The molecule has 0 bridgehead atoms. The van der Waals surface area contributed by atoms with E-state index in [1.165, 1.54) is 0 Å². The number of carbonyl (C=O) groups is 2. The van der Waals surface area contributed by atoms with Crippen molar-refractivity contribution in [2.45, 2.75) is 33.2 Å². The van der Waals surface area contributed by atoms with E-state index in [-0.39, 0.29) is 24.4 Å². The smallest absolute Gasteiger partial charge is 0.319 e. The Morgan fingerprint density at radius 2 is 1.74 bits per heavy atom. The summed E-state index contributed by atoms with van der Waals surface area (Å²) in [5, 5.41) is 12.0. The van der Waals surface area contributed by atoms with Crippen LogP contribution in [-0.2, 0) is 11.2 Å². The molecular weight excluding hydrogens is 296 g/mol. The van der Waals surface area contributed by atoms with Crippen molar-refractivity contribution in [2.24, 2.45) is 0 Å². The van der Waals surface area contributed by atoms with Gasteiger partial charge in [-0.3, -0.25) is 4.79 Å². The zero-order chi connectivity index (χ0) is 16.8. The molecule has 0 atom stereocenters. The number of aromatic nitrogens is 1. The van der Waals surface area contributed by atoms with Crippen LogP contribution in [0.25, 0.3) is 0 Å². The number of anilines is 2. The first-order valence-corrected chi connectivity index (χ1v) is 7.32. The van der Waals surface area contributed by atoms with E-state index in [1.807, 2.05) is 13.8 Å². The first kappa shape index (κ1) is 16.5. The summed E-state index contributed by atoms with van der Waals surface area (Å²) in [6.45, 7) is 5.54. The summed E-state index contributed by atoms with van der Waals surface area (Å²) < 4.78 is 4.92. The monoisotopic (exact) mass is 316 g/mol. The molecule has 0 radical (unpaired) electrons. The van der Waals surface area contributed by atoms with Crippen molar-refractivity contribution in [1.82, 2.24) is 10.5 Å². The molecule has 0 saturated carbocycles. The Kier molecular flexibility index (Phi) is 5.35. The fraction of sp³-hybridized carbons (Fsp3) is 0.312. The minimum Gasteiger partial charge on any atom is -0.361 e. The van der Waals surface area contributed by atoms with Crippen molar-refractivity contribution in [2.75, 3.05) is 10.6 Å². The van der Waals surface area contributed by atoms with Gasteiger partial charge in [-0.2, -0.15) is 0 Å². The molecule has 1 heterocycles. The van der Waals surface area contributed by atoms with E-state index >= 15 is 0 Å². The number of hydrogen-bond donors (Lipinski definition) is 3. The lowest BCUT2D eigenvalue weighted by Crippen LogP contribution is -2.34. The largest absolute Gasteiger partial charge is 0.361 e. The summed E-state index contributed by atoms with van der Waals surface area (Å²) in [5.41, 5.74) is 1.88. The first-order valence-electron chi connectivity index (χ1n) is 7.32. The minimum absolute atomic E-state index is 0.0636. The second kappa shape index (κ2) is 7.44. The van der Waals surface area contributed by atoms with Gasteiger partial charge in [0.1, 0.15) is 5.76 Å². The van der Waals surface area contributed by atoms with Crippen LogP contribution in [0.4, 0.5) is 16.2 Å². The molecule has 0 saturated heterocycles. The van der Waals surface area contributed by atoms with Crippen LogP contribution in [0.15, 0.2) is 34.9 Å². The van der Waals surface area contributed by atoms with Gasteiger partial charge in [0.2, 0.25) is 5.91 Å². The van der Waals surface area contributed by atoms with Gasteiger partial charge in [0, 0.05) is 23.5 Å². The van der Waals surface area contributed by atoms with E-state index in [4.69, 9.17) is 4.52 Å². The molecule has 0 aliphatic heterocycles. The molecule has 0 spiro atoms. The van der Waals surface area contributed by atoms with Crippen LogP contribution >= 0.6 is 0 Å². The lowest BCUT2D eigenvalue weighted by molar-refractivity contribution is -0.115. The van der Waals surface area contributed by atoms with Gasteiger partial charge < -0.3 is 20.5 Å². The van der Waals surface area contributed by atoms with Gasteiger partial charge in [-0.05, 0) is 45.0 Å². The average molecular weight is 316 g/mol.